The summed E-state index contributed by atoms with van der Waals surface area (Å²) < 4.78 is 1.57. The van der Waals surface area contributed by atoms with Crippen molar-refractivity contribution in [3.05, 3.63) is 24.5 Å². The highest BCUT2D eigenvalue weighted by Gasteiger charge is 2.12. The minimum absolute atomic E-state index is 0.168. The number of hydrogen-bond acceptors (Lipinski definition) is 2. The minimum Gasteiger partial charge on any atom is -0.481 e. The van der Waals surface area contributed by atoms with Gasteiger partial charge in [0.05, 0.1) is 12.5 Å². The van der Waals surface area contributed by atoms with Crippen molar-refractivity contribution in [2.45, 2.75) is 12.5 Å². The predicted molar refractivity (Wildman–Crippen MR) is 41.8 cm³/mol. The van der Waals surface area contributed by atoms with Crippen LogP contribution in [-0.4, -0.2) is 21.9 Å². The zero-order valence-corrected chi connectivity index (χ0v) is 6.38. The summed E-state index contributed by atoms with van der Waals surface area (Å²) in [6.07, 6.45) is 3.80. The zero-order chi connectivity index (χ0) is 8.97. The van der Waals surface area contributed by atoms with E-state index in [1.165, 1.54) is 0 Å². The Kier molecular flexibility index (Phi) is 2.63. The van der Waals surface area contributed by atoms with Crippen LogP contribution >= 0.6 is 0 Å². The maximum atomic E-state index is 10.5. The topological polar surface area (TPSA) is 59.3 Å². The van der Waals surface area contributed by atoms with Crippen molar-refractivity contribution in [3.8, 4) is 0 Å². The van der Waals surface area contributed by atoms with Crippen molar-refractivity contribution in [1.29, 1.82) is 0 Å². The fourth-order valence-electron chi connectivity index (χ4n) is 0.972. The van der Waals surface area contributed by atoms with Gasteiger partial charge in [0.25, 0.3) is 0 Å². The third kappa shape index (κ3) is 1.95. The van der Waals surface area contributed by atoms with Gasteiger partial charge in [-0.1, -0.05) is 0 Å². The standard InChI is InChI=1S/C8H9NO3/c10-6-7(5-8(11)12)9-3-1-2-4-9/h1-4,6-7H,5H2,(H,11,12)/t7-/m1/s1. The van der Waals surface area contributed by atoms with Crippen LogP contribution in [0.3, 0.4) is 0 Å². The molecule has 0 aromatic carbocycles. The number of aldehydes is 1. The van der Waals surface area contributed by atoms with E-state index >= 15 is 0 Å². The first-order valence-electron chi connectivity index (χ1n) is 3.53. The number of rotatable bonds is 4. The second-order valence-corrected chi connectivity index (χ2v) is 2.43. The summed E-state index contributed by atoms with van der Waals surface area (Å²) in [7, 11) is 0. The smallest absolute Gasteiger partial charge is 0.305 e. The molecule has 1 N–H and O–H groups in total. The molecule has 1 atom stereocenters. The van der Waals surface area contributed by atoms with Crippen LogP contribution in [0.5, 0.6) is 0 Å². The molecule has 0 radical (unpaired) electrons. The van der Waals surface area contributed by atoms with E-state index in [4.69, 9.17) is 5.11 Å². The van der Waals surface area contributed by atoms with Gasteiger partial charge in [-0.15, -0.1) is 0 Å². The Balaban J connectivity index is 2.69. The molecule has 1 rings (SSSR count). The lowest BCUT2D eigenvalue weighted by molar-refractivity contribution is -0.138. The molecule has 4 heteroatoms. The van der Waals surface area contributed by atoms with E-state index in [1.807, 2.05) is 0 Å². The van der Waals surface area contributed by atoms with E-state index in [2.05, 4.69) is 0 Å². The van der Waals surface area contributed by atoms with Crippen LogP contribution in [0.25, 0.3) is 0 Å². The number of carboxylic acid groups (broad SMARTS) is 1. The third-order valence-electron chi connectivity index (χ3n) is 1.55. The maximum absolute atomic E-state index is 10.5. The van der Waals surface area contributed by atoms with E-state index in [1.54, 1.807) is 29.1 Å². The number of carbonyl (C=O) groups is 2. The molecule has 1 aromatic heterocycles. The Labute approximate surface area is 69.4 Å². The van der Waals surface area contributed by atoms with Crippen LogP contribution in [0.4, 0.5) is 0 Å². The summed E-state index contributed by atoms with van der Waals surface area (Å²) in [4.78, 5) is 20.7. The van der Waals surface area contributed by atoms with Crippen LogP contribution in [-0.2, 0) is 9.59 Å². The Morgan fingerprint density at radius 2 is 2.08 bits per heavy atom. The second kappa shape index (κ2) is 3.71. The molecular formula is C8H9NO3. The molecule has 0 aliphatic rings. The van der Waals surface area contributed by atoms with Gasteiger partial charge in [0, 0.05) is 12.4 Å². The maximum Gasteiger partial charge on any atom is 0.305 e. The molecule has 0 aliphatic carbocycles. The molecule has 0 spiro atoms. The quantitative estimate of drug-likeness (QED) is 0.671. The number of aliphatic carboxylic acids is 1. The van der Waals surface area contributed by atoms with Gasteiger partial charge >= 0.3 is 5.97 Å². The van der Waals surface area contributed by atoms with Gasteiger partial charge in [0.1, 0.15) is 6.29 Å². The molecule has 0 aliphatic heterocycles. The van der Waals surface area contributed by atoms with Gasteiger partial charge in [-0.25, -0.2) is 0 Å². The van der Waals surface area contributed by atoms with Gasteiger partial charge in [-0.05, 0) is 12.1 Å². The number of carbonyl (C=O) groups excluding carboxylic acids is 1. The average Bonchev–Trinajstić information content (AvgIpc) is 2.51. The molecule has 0 bridgehead atoms. The molecule has 0 saturated heterocycles. The molecule has 0 fully saturated rings. The van der Waals surface area contributed by atoms with Crippen molar-refractivity contribution in [3.63, 3.8) is 0 Å². The lowest BCUT2D eigenvalue weighted by Crippen LogP contribution is -2.13. The molecule has 0 saturated carbocycles. The van der Waals surface area contributed by atoms with E-state index < -0.39 is 12.0 Å². The fraction of sp³-hybridized carbons (Fsp3) is 0.250. The molecule has 1 aromatic rings. The first kappa shape index (κ1) is 8.52. The fourth-order valence-corrected chi connectivity index (χ4v) is 0.972. The minimum atomic E-state index is -0.971. The summed E-state index contributed by atoms with van der Waals surface area (Å²) in [6, 6.07) is 2.91. The van der Waals surface area contributed by atoms with Crippen LogP contribution in [0.2, 0.25) is 0 Å². The van der Waals surface area contributed by atoms with Crippen molar-refractivity contribution >= 4 is 12.3 Å². The Bertz CT molecular complexity index is 266. The highest BCUT2D eigenvalue weighted by molar-refractivity contribution is 5.72. The van der Waals surface area contributed by atoms with Crippen LogP contribution in [0.15, 0.2) is 24.5 Å². The van der Waals surface area contributed by atoms with E-state index in [0.717, 1.165) is 0 Å². The summed E-state index contributed by atoms with van der Waals surface area (Å²) in [6.45, 7) is 0. The first-order chi connectivity index (χ1) is 5.74. The first-order valence-corrected chi connectivity index (χ1v) is 3.53. The molecule has 0 unspecified atom stereocenters. The Morgan fingerprint density at radius 3 is 2.50 bits per heavy atom. The van der Waals surface area contributed by atoms with Crippen molar-refractivity contribution < 1.29 is 14.7 Å². The highest BCUT2D eigenvalue weighted by Crippen LogP contribution is 2.08. The molecule has 1 heterocycles. The Morgan fingerprint density at radius 1 is 1.50 bits per heavy atom. The highest BCUT2D eigenvalue weighted by atomic mass is 16.4. The van der Waals surface area contributed by atoms with Gasteiger partial charge < -0.3 is 14.5 Å². The lowest BCUT2D eigenvalue weighted by atomic mass is 10.2. The monoisotopic (exact) mass is 167 g/mol. The van der Waals surface area contributed by atoms with Crippen molar-refractivity contribution in [1.82, 2.24) is 4.57 Å². The number of nitrogens with zero attached hydrogens (tertiary/aromatic N) is 1. The second-order valence-electron chi connectivity index (χ2n) is 2.43. The lowest BCUT2D eigenvalue weighted by Gasteiger charge is -2.08. The summed E-state index contributed by atoms with van der Waals surface area (Å²) in [5, 5.41) is 8.44. The SMILES string of the molecule is O=C[C@@H](CC(=O)O)n1cccc1. The number of hydrogen-bond donors (Lipinski definition) is 1. The van der Waals surface area contributed by atoms with Crippen LogP contribution < -0.4 is 0 Å². The van der Waals surface area contributed by atoms with Gasteiger partial charge in [-0.2, -0.15) is 0 Å². The van der Waals surface area contributed by atoms with E-state index in [-0.39, 0.29) is 6.42 Å². The van der Waals surface area contributed by atoms with Crippen molar-refractivity contribution in [2.24, 2.45) is 0 Å². The third-order valence-corrected chi connectivity index (χ3v) is 1.55. The normalized spacial score (nSPS) is 12.3. The molecule has 0 amide bonds. The van der Waals surface area contributed by atoms with Crippen LogP contribution in [0.1, 0.15) is 12.5 Å². The van der Waals surface area contributed by atoms with Gasteiger partial charge in [0.2, 0.25) is 0 Å². The molecule has 12 heavy (non-hydrogen) atoms. The number of aromatic nitrogens is 1. The zero-order valence-electron chi connectivity index (χ0n) is 6.38. The summed E-state index contributed by atoms with van der Waals surface area (Å²) in [5.74, 6) is -0.971. The van der Waals surface area contributed by atoms with Gasteiger partial charge in [-0.3, -0.25) is 4.79 Å². The van der Waals surface area contributed by atoms with Crippen LogP contribution in [0, 0.1) is 0 Å². The summed E-state index contributed by atoms with van der Waals surface area (Å²) >= 11 is 0. The Hall–Kier alpha value is -1.58. The summed E-state index contributed by atoms with van der Waals surface area (Å²) in [5.41, 5.74) is 0. The molecule has 64 valence electrons. The van der Waals surface area contributed by atoms with E-state index in [0.29, 0.717) is 6.29 Å². The average molecular weight is 167 g/mol. The largest absolute Gasteiger partial charge is 0.481 e. The van der Waals surface area contributed by atoms with Gasteiger partial charge in [0.15, 0.2) is 0 Å². The molecular weight excluding hydrogens is 158 g/mol. The van der Waals surface area contributed by atoms with Crippen molar-refractivity contribution in [2.75, 3.05) is 0 Å². The number of carboxylic acids is 1. The molecule has 4 nitrogen and oxygen atoms in total. The van der Waals surface area contributed by atoms with E-state index in [9.17, 15) is 9.59 Å². The predicted octanol–water partition coefficient (Wildman–Crippen LogP) is 0.703.